The number of benzene rings is 2. The number of hydrogen-bond donors (Lipinski definition) is 1. The van der Waals surface area contributed by atoms with E-state index in [0.717, 1.165) is 35.0 Å². The average Bonchev–Trinajstić information content (AvgIpc) is 3.46. The summed E-state index contributed by atoms with van der Waals surface area (Å²) >= 11 is 0. The van der Waals surface area contributed by atoms with Crippen LogP contribution in [0.25, 0.3) is 10.8 Å². The molecule has 1 aliphatic rings. The third-order valence-corrected chi connectivity index (χ3v) is 5.29. The summed E-state index contributed by atoms with van der Waals surface area (Å²) in [6.07, 6.45) is 1.41. The molecule has 1 fully saturated rings. The fourth-order valence-corrected chi connectivity index (χ4v) is 3.67. The van der Waals surface area contributed by atoms with Gasteiger partial charge >= 0.3 is 5.97 Å². The Morgan fingerprint density at radius 3 is 2.50 bits per heavy atom. The summed E-state index contributed by atoms with van der Waals surface area (Å²) < 4.78 is 7.63. The van der Waals surface area contributed by atoms with Gasteiger partial charge in [-0.05, 0) is 62.6 Å². The molecule has 1 unspecified atom stereocenters. The molecule has 0 spiro atoms. The predicted octanol–water partition coefficient (Wildman–Crippen LogP) is 4.78. The summed E-state index contributed by atoms with van der Waals surface area (Å²) in [4.78, 5) is 25.1. The molecule has 1 aromatic heterocycles. The molecule has 5 nitrogen and oxygen atoms in total. The fraction of sp³-hybridized carbons (Fsp3) is 0.304. The lowest BCUT2D eigenvalue weighted by molar-refractivity contribution is -0.123. The summed E-state index contributed by atoms with van der Waals surface area (Å²) in [5.41, 5.74) is 3.18. The molecule has 1 amide bonds. The molecule has 0 aliphatic heterocycles. The Bertz CT molecular complexity index is 1060. The molecule has 3 aromatic rings. The van der Waals surface area contributed by atoms with Crippen LogP contribution in [0.5, 0.6) is 0 Å². The van der Waals surface area contributed by atoms with Gasteiger partial charge in [0.05, 0.1) is 5.56 Å². The highest BCUT2D eigenvalue weighted by Crippen LogP contribution is 2.38. The first kappa shape index (κ1) is 18.3. The first-order chi connectivity index (χ1) is 13.4. The average molecular weight is 376 g/mol. The molecule has 1 N–H and O–H groups in total. The van der Waals surface area contributed by atoms with Gasteiger partial charge in [0.15, 0.2) is 6.10 Å². The van der Waals surface area contributed by atoms with Gasteiger partial charge in [-0.2, -0.15) is 0 Å². The van der Waals surface area contributed by atoms with Gasteiger partial charge in [-0.15, -0.1) is 0 Å². The topological polar surface area (TPSA) is 60.3 Å². The molecule has 4 rings (SSSR count). The van der Waals surface area contributed by atoms with Gasteiger partial charge in [0.1, 0.15) is 0 Å². The third kappa shape index (κ3) is 3.52. The van der Waals surface area contributed by atoms with E-state index in [-0.39, 0.29) is 5.91 Å². The monoisotopic (exact) mass is 376 g/mol. The molecule has 5 heteroatoms. The lowest BCUT2D eigenvalue weighted by atomic mass is 10.1. The van der Waals surface area contributed by atoms with Crippen molar-refractivity contribution in [3.63, 3.8) is 0 Å². The molecule has 1 heterocycles. The van der Waals surface area contributed by atoms with Crippen LogP contribution in [-0.2, 0) is 9.53 Å². The first-order valence-electron chi connectivity index (χ1n) is 9.63. The smallest absolute Gasteiger partial charge is 0.340 e. The molecular formula is C23H24N2O3. The number of rotatable bonds is 5. The van der Waals surface area contributed by atoms with Crippen LogP contribution >= 0.6 is 0 Å². The Morgan fingerprint density at radius 1 is 1.07 bits per heavy atom. The zero-order chi connectivity index (χ0) is 19.8. The van der Waals surface area contributed by atoms with E-state index < -0.39 is 12.1 Å². The van der Waals surface area contributed by atoms with Crippen molar-refractivity contribution in [2.45, 2.75) is 45.8 Å². The van der Waals surface area contributed by atoms with Crippen LogP contribution in [0.2, 0.25) is 0 Å². The van der Waals surface area contributed by atoms with Crippen LogP contribution in [0.4, 0.5) is 5.69 Å². The Kier molecular flexibility index (Phi) is 4.67. The number of amides is 1. The van der Waals surface area contributed by atoms with Crippen molar-refractivity contribution < 1.29 is 14.3 Å². The minimum absolute atomic E-state index is 0.348. The van der Waals surface area contributed by atoms with E-state index in [2.05, 4.69) is 9.88 Å². The lowest BCUT2D eigenvalue weighted by Crippen LogP contribution is -2.30. The highest BCUT2D eigenvalue weighted by atomic mass is 16.5. The van der Waals surface area contributed by atoms with Crippen LogP contribution in [0.15, 0.2) is 48.5 Å². The molecule has 0 bridgehead atoms. The van der Waals surface area contributed by atoms with Crippen LogP contribution < -0.4 is 5.32 Å². The molecule has 144 valence electrons. The van der Waals surface area contributed by atoms with Crippen molar-refractivity contribution in [3.05, 3.63) is 65.5 Å². The van der Waals surface area contributed by atoms with Crippen molar-refractivity contribution in [1.29, 1.82) is 0 Å². The Morgan fingerprint density at radius 2 is 1.79 bits per heavy atom. The van der Waals surface area contributed by atoms with Crippen LogP contribution in [0.3, 0.4) is 0 Å². The lowest BCUT2D eigenvalue weighted by Gasteiger charge is -2.14. The Balaban J connectivity index is 1.43. The van der Waals surface area contributed by atoms with Crippen LogP contribution in [-0.4, -0.2) is 22.5 Å². The highest BCUT2D eigenvalue weighted by molar-refractivity contribution is 5.99. The zero-order valence-corrected chi connectivity index (χ0v) is 16.4. The Hall–Kier alpha value is -3.08. The van der Waals surface area contributed by atoms with E-state index in [1.54, 1.807) is 6.92 Å². The third-order valence-electron chi connectivity index (χ3n) is 5.29. The maximum atomic E-state index is 12.6. The van der Waals surface area contributed by atoms with Crippen molar-refractivity contribution in [2.24, 2.45) is 0 Å². The number of hydrogen-bond acceptors (Lipinski definition) is 3. The second-order valence-corrected chi connectivity index (χ2v) is 7.48. The number of aryl methyl sites for hydroxylation is 1. The normalized spacial score (nSPS) is 14.7. The molecule has 1 aliphatic carbocycles. The van der Waals surface area contributed by atoms with Crippen LogP contribution in [0, 0.1) is 13.8 Å². The number of carbonyl (C=O) groups is 2. The van der Waals surface area contributed by atoms with Gasteiger partial charge in [0.2, 0.25) is 0 Å². The fourth-order valence-electron chi connectivity index (χ4n) is 3.67. The van der Waals surface area contributed by atoms with Crippen molar-refractivity contribution in [3.8, 4) is 0 Å². The van der Waals surface area contributed by atoms with Crippen LogP contribution in [0.1, 0.15) is 47.6 Å². The molecular weight excluding hydrogens is 352 g/mol. The number of nitrogens with zero attached hydrogens (tertiary/aromatic N) is 1. The number of ether oxygens (including phenoxy) is 1. The number of fused-ring (bicyclic) bond motifs is 1. The molecule has 0 radical (unpaired) electrons. The largest absolute Gasteiger partial charge is 0.449 e. The predicted molar refractivity (Wildman–Crippen MR) is 110 cm³/mol. The molecule has 1 atom stereocenters. The SMILES string of the molecule is Cc1cc(C(=O)OC(C)C(=O)Nc2ccc3ccccc3c2)c(C)n1C1CC1. The number of nitrogens with one attached hydrogen (secondary N) is 1. The van der Waals surface area contributed by atoms with E-state index in [9.17, 15) is 9.59 Å². The number of anilines is 1. The first-order valence-corrected chi connectivity index (χ1v) is 9.63. The number of carbonyl (C=O) groups excluding carboxylic acids is 2. The summed E-state index contributed by atoms with van der Waals surface area (Å²) in [5, 5.41) is 4.97. The molecule has 28 heavy (non-hydrogen) atoms. The standard InChI is InChI=1S/C23H24N2O3/c1-14-12-21(15(2)25(14)20-10-11-20)23(27)28-16(3)22(26)24-19-9-8-17-6-4-5-7-18(17)13-19/h4-9,12-13,16,20H,10-11H2,1-3H3,(H,24,26). The summed E-state index contributed by atoms with van der Waals surface area (Å²) in [5.74, 6) is -0.805. The number of aromatic nitrogens is 1. The van der Waals surface area contributed by atoms with Gasteiger partial charge in [-0.25, -0.2) is 4.79 Å². The zero-order valence-electron chi connectivity index (χ0n) is 16.4. The van der Waals surface area contributed by atoms with Crippen molar-refractivity contribution in [1.82, 2.24) is 4.57 Å². The Labute approximate surface area is 164 Å². The second-order valence-electron chi connectivity index (χ2n) is 7.48. The summed E-state index contributed by atoms with van der Waals surface area (Å²) in [7, 11) is 0. The maximum Gasteiger partial charge on any atom is 0.340 e. The quantitative estimate of drug-likeness (QED) is 0.652. The highest BCUT2D eigenvalue weighted by Gasteiger charge is 2.29. The van der Waals surface area contributed by atoms with E-state index in [1.807, 2.05) is 62.4 Å². The van der Waals surface area contributed by atoms with E-state index in [0.29, 0.717) is 17.3 Å². The van der Waals surface area contributed by atoms with E-state index in [4.69, 9.17) is 4.74 Å². The summed E-state index contributed by atoms with van der Waals surface area (Å²) in [6, 6.07) is 16.0. The molecule has 2 aromatic carbocycles. The minimum atomic E-state index is -0.886. The molecule has 0 saturated heterocycles. The van der Waals surface area contributed by atoms with Gasteiger partial charge in [-0.3, -0.25) is 4.79 Å². The van der Waals surface area contributed by atoms with E-state index in [1.165, 1.54) is 0 Å². The summed E-state index contributed by atoms with van der Waals surface area (Å²) in [6.45, 7) is 5.52. The maximum absolute atomic E-state index is 12.6. The van der Waals surface area contributed by atoms with Gasteiger partial charge in [-0.1, -0.05) is 30.3 Å². The van der Waals surface area contributed by atoms with Crippen molar-refractivity contribution >= 4 is 28.3 Å². The van der Waals surface area contributed by atoms with Gasteiger partial charge in [0, 0.05) is 23.1 Å². The molecule has 1 saturated carbocycles. The number of esters is 1. The van der Waals surface area contributed by atoms with Gasteiger partial charge < -0.3 is 14.6 Å². The second kappa shape index (κ2) is 7.15. The van der Waals surface area contributed by atoms with Crippen molar-refractivity contribution in [2.75, 3.05) is 5.32 Å². The van der Waals surface area contributed by atoms with Gasteiger partial charge in [0.25, 0.3) is 5.91 Å². The van der Waals surface area contributed by atoms with E-state index >= 15 is 0 Å². The minimum Gasteiger partial charge on any atom is -0.449 e.